The molecule has 0 spiro atoms. The van der Waals surface area contributed by atoms with Crippen molar-refractivity contribution in [3.05, 3.63) is 69.9 Å². The van der Waals surface area contributed by atoms with Gasteiger partial charge in [-0.2, -0.15) is 0 Å². The molecule has 1 atom stereocenters. The normalized spacial score (nSPS) is 16.4. The van der Waals surface area contributed by atoms with Gasteiger partial charge in [0.2, 0.25) is 0 Å². The third-order valence-electron chi connectivity index (χ3n) is 6.00. The molecule has 31 heavy (non-hydrogen) atoms. The number of likely N-dealkylation sites (tertiary alicyclic amines) is 1. The van der Waals surface area contributed by atoms with Crippen LogP contribution in [0.15, 0.2) is 42.5 Å². The SMILES string of the molecule is Cc1cc(C(=O)N2CCCCC2C)ccc1NC(=O)c1cc2cc(Cl)ccc2nc1C. The minimum atomic E-state index is -0.237. The van der Waals surface area contributed by atoms with Crippen molar-refractivity contribution in [2.45, 2.75) is 46.1 Å². The van der Waals surface area contributed by atoms with Gasteiger partial charge in [0.05, 0.1) is 16.8 Å². The lowest BCUT2D eigenvalue weighted by atomic mass is 10.0. The Balaban J connectivity index is 1.55. The van der Waals surface area contributed by atoms with Crippen molar-refractivity contribution in [1.82, 2.24) is 9.88 Å². The lowest BCUT2D eigenvalue weighted by Crippen LogP contribution is -2.42. The molecule has 1 aliphatic rings. The van der Waals surface area contributed by atoms with Gasteiger partial charge in [-0.3, -0.25) is 14.6 Å². The summed E-state index contributed by atoms with van der Waals surface area (Å²) in [6.45, 7) is 6.62. The molecule has 1 saturated heterocycles. The molecule has 1 unspecified atom stereocenters. The van der Waals surface area contributed by atoms with E-state index >= 15 is 0 Å². The highest BCUT2D eigenvalue weighted by Crippen LogP contribution is 2.24. The summed E-state index contributed by atoms with van der Waals surface area (Å²) < 4.78 is 0. The van der Waals surface area contributed by atoms with Gasteiger partial charge in [0, 0.05) is 34.2 Å². The number of aryl methyl sites for hydroxylation is 2. The quantitative estimate of drug-likeness (QED) is 0.567. The fourth-order valence-corrected chi connectivity index (χ4v) is 4.35. The van der Waals surface area contributed by atoms with Crippen LogP contribution in [0.1, 0.15) is 58.2 Å². The molecule has 6 heteroatoms. The summed E-state index contributed by atoms with van der Waals surface area (Å²) in [7, 11) is 0. The molecule has 4 rings (SSSR count). The zero-order valence-electron chi connectivity index (χ0n) is 18.0. The first-order valence-electron chi connectivity index (χ1n) is 10.6. The van der Waals surface area contributed by atoms with Gasteiger partial charge >= 0.3 is 0 Å². The number of carbonyl (C=O) groups is 2. The average Bonchev–Trinajstić information content (AvgIpc) is 2.74. The number of hydrogen-bond donors (Lipinski definition) is 1. The number of pyridine rings is 1. The third kappa shape index (κ3) is 4.42. The molecule has 1 N–H and O–H groups in total. The Bertz CT molecular complexity index is 1170. The number of amides is 2. The summed E-state index contributed by atoms with van der Waals surface area (Å²) in [5, 5.41) is 4.38. The minimum absolute atomic E-state index is 0.0552. The molecule has 1 aliphatic heterocycles. The fourth-order valence-electron chi connectivity index (χ4n) is 4.17. The highest BCUT2D eigenvalue weighted by Gasteiger charge is 2.24. The molecular formula is C25H26ClN3O2. The molecular weight excluding hydrogens is 410 g/mol. The Kier molecular flexibility index (Phi) is 5.96. The number of fused-ring (bicyclic) bond motifs is 1. The summed E-state index contributed by atoms with van der Waals surface area (Å²) in [5.74, 6) is -0.182. The molecule has 1 fully saturated rings. The first-order valence-corrected chi connectivity index (χ1v) is 11.0. The predicted molar refractivity (Wildman–Crippen MR) is 125 cm³/mol. The van der Waals surface area contributed by atoms with Crippen molar-refractivity contribution < 1.29 is 9.59 Å². The fraction of sp³-hybridized carbons (Fsp3) is 0.320. The zero-order valence-corrected chi connectivity index (χ0v) is 18.8. The molecule has 1 aromatic heterocycles. The van der Waals surface area contributed by atoms with E-state index in [0.717, 1.165) is 35.9 Å². The first-order chi connectivity index (χ1) is 14.8. The van der Waals surface area contributed by atoms with Crippen LogP contribution in [0.2, 0.25) is 5.02 Å². The van der Waals surface area contributed by atoms with Crippen molar-refractivity contribution in [2.75, 3.05) is 11.9 Å². The van der Waals surface area contributed by atoms with Crippen LogP contribution in [0.5, 0.6) is 0 Å². The van der Waals surface area contributed by atoms with Gasteiger partial charge in [-0.25, -0.2) is 0 Å². The van der Waals surface area contributed by atoms with Crippen molar-refractivity contribution in [1.29, 1.82) is 0 Å². The van der Waals surface area contributed by atoms with E-state index in [1.807, 2.05) is 36.9 Å². The molecule has 0 aliphatic carbocycles. The number of carbonyl (C=O) groups excluding carboxylic acids is 2. The average molecular weight is 436 g/mol. The maximum Gasteiger partial charge on any atom is 0.257 e. The second-order valence-electron chi connectivity index (χ2n) is 8.29. The van der Waals surface area contributed by atoms with E-state index in [0.29, 0.717) is 27.5 Å². The highest BCUT2D eigenvalue weighted by molar-refractivity contribution is 6.31. The maximum atomic E-state index is 13.0. The van der Waals surface area contributed by atoms with Crippen LogP contribution >= 0.6 is 11.6 Å². The standard InChI is InChI=1S/C25H26ClN3O2/c1-15-12-18(25(31)29-11-5-4-6-16(29)2)7-9-22(15)28-24(30)21-14-19-13-20(26)8-10-23(19)27-17(21)3/h7-10,12-14,16H,4-6,11H2,1-3H3,(H,28,30). The predicted octanol–water partition coefficient (Wildman–Crippen LogP) is 5.77. The Morgan fingerprint density at radius 1 is 1.10 bits per heavy atom. The first kappa shape index (κ1) is 21.3. The minimum Gasteiger partial charge on any atom is -0.336 e. The largest absolute Gasteiger partial charge is 0.336 e. The van der Waals surface area contributed by atoms with E-state index in [1.54, 1.807) is 24.3 Å². The Labute approximate surface area is 187 Å². The summed E-state index contributed by atoms with van der Waals surface area (Å²) in [5.41, 5.74) is 4.12. The zero-order chi connectivity index (χ0) is 22.1. The van der Waals surface area contributed by atoms with Crippen LogP contribution in [0.4, 0.5) is 5.69 Å². The number of aromatic nitrogens is 1. The van der Waals surface area contributed by atoms with Gasteiger partial charge in [-0.05, 0) is 88.1 Å². The molecule has 2 amide bonds. The third-order valence-corrected chi connectivity index (χ3v) is 6.23. The topological polar surface area (TPSA) is 62.3 Å². The number of nitrogens with zero attached hydrogens (tertiary/aromatic N) is 2. The number of benzene rings is 2. The van der Waals surface area contributed by atoms with E-state index in [1.165, 1.54) is 6.42 Å². The summed E-state index contributed by atoms with van der Waals surface area (Å²) in [6.07, 6.45) is 3.26. The molecule has 0 radical (unpaired) electrons. The van der Waals surface area contributed by atoms with Gasteiger partial charge < -0.3 is 10.2 Å². The van der Waals surface area contributed by atoms with Gasteiger partial charge in [-0.15, -0.1) is 0 Å². The van der Waals surface area contributed by atoms with Crippen LogP contribution in [-0.2, 0) is 0 Å². The van der Waals surface area contributed by atoms with Crippen LogP contribution in [0.25, 0.3) is 10.9 Å². The second kappa shape index (κ2) is 8.67. The van der Waals surface area contributed by atoms with E-state index < -0.39 is 0 Å². The number of nitrogens with one attached hydrogen (secondary N) is 1. The van der Waals surface area contributed by atoms with Crippen molar-refractivity contribution >= 4 is 40.0 Å². The maximum absolute atomic E-state index is 13.0. The summed E-state index contributed by atoms with van der Waals surface area (Å²) in [4.78, 5) is 32.4. The van der Waals surface area contributed by atoms with Gasteiger partial charge in [-0.1, -0.05) is 11.6 Å². The van der Waals surface area contributed by atoms with Crippen LogP contribution in [0.3, 0.4) is 0 Å². The second-order valence-corrected chi connectivity index (χ2v) is 8.72. The number of rotatable bonds is 3. The Morgan fingerprint density at radius 2 is 1.90 bits per heavy atom. The van der Waals surface area contributed by atoms with E-state index in [2.05, 4.69) is 17.2 Å². The summed E-state index contributed by atoms with van der Waals surface area (Å²) in [6, 6.07) is 12.9. The van der Waals surface area contributed by atoms with E-state index in [9.17, 15) is 9.59 Å². The van der Waals surface area contributed by atoms with E-state index in [4.69, 9.17) is 11.6 Å². The molecule has 0 saturated carbocycles. The number of anilines is 1. The van der Waals surface area contributed by atoms with E-state index in [-0.39, 0.29) is 17.9 Å². The highest BCUT2D eigenvalue weighted by atomic mass is 35.5. The lowest BCUT2D eigenvalue weighted by molar-refractivity contribution is 0.0635. The lowest BCUT2D eigenvalue weighted by Gasteiger charge is -2.33. The number of halogens is 1. The molecule has 0 bridgehead atoms. The Hall–Kier alpha value is -2.92. The molecule has 2 heterocycles. The van der Waals surface area contributed by atoms with Crippen LogP contribution in [-0.4, -0.2) is 34.3 Å². The van der Waals surface area contributed by atoms with Crippen molar-refractivity contribution in [3.8, 4) is 0 Å². The number of hydrogen-bond acceptors (Lipinski definition) is 3. The Morgan fingerprint density at radius 3 is 2.65 bits per heavy atom. The van der Waals surface area contributed by atoms with Gasteiger partial charge in [0.25, 0.3) is 11.8 Å². The number of piperidine rings is 1. The van der Waals surface area contributed by atoms with Crippen LogP contribution < -0.4 is 5.32 Å². The summed E-state index contributed by atoms with van der Waals surface area (Å²) >= 11 is 6.09. The van der Waals surface area contributed by atoms with Crippen molar-refractivity contribution in [3.63, 3.8) is 0 Å². The van der Waals surface area contributed by atoms with Gasteiger partial charge in [0.15, 0.2) is 0 Å². The molecule has 3 aromatic rings. The molecule has 2 aromatic carbocycles. The monoisotopic (exact) mass is 435 g/mol. The van der Waals surface area contributed by atoms with Crippen molar-refractivity contribution in [2.24, 2.45) is 0 Å². The molecule has 5 nitrogen and oxygen atoms in total. The van der Waals surface area contributed by atoms with Crippen LogP contribution in [0, 0.1) is 13.8 Å². The van der Waals surface area contributed by atoms with Gasteiger partial charge in [0.1, 0.15) is 0 Å². The smallest absolute Gasteiger partial charge is 0.257 e. The molecule has 160 valence electrons.